The van der Waals surface area contributed by atoms with Gasteiger partial charge in [0.15, 0.2) is 0 Å². The van der Waals surface area contributed by atoms with Crippen LogP contribution in [0.5, 0.6) is 0 Å². The van der Waals surface area contributed by atoms with Crippen molar-refractivity contribution in [3.8, 4) is 10.6 Å². The van der Waals surface area contributed by atoms with Crippen molar-refractivity contribution in [3.05, 3.63) is 40.9 Å². The zero-order chi connectivity index (χ0) is 16.0. The predicted octanol–water partition coefficient (Wildman–Crippen LogP) is 4.75. The number of esters is 1. The third-order valence-corrected chi connectivity index (χ3v) is 5.95. The lowest BCUT2D eigenvalue weighted by atomic mass is 10.1. The summed E-state index contributed by atoms with van der Waals surface area (Å²) >= 11 is 13.5. The smallest absolute Gasteiger partial charge is 0.315 e. The van der Waals surface area contributed by atoms with Gasteiger partial charge in [-0.1, -0.05) is 29.8 Å². The third kappa shape index (κ3) is 2.87. The van der Waals surface area contributed by atoms with Gasteiger partial charge in [0.1, 0.15) is 21.4 Å². The number of carbonyl (C=O) groups is 1. The first-order valence-electron chi connectivity index (χ1n) is 6.88. The molecule has 1 aliphatic rings. The van der Waals surface area contributed by atoms with Crippen LogP contribution < -0.4 is 0 Å². The molecule has 0 amide bonds. The van der Waals surface area contributed by atoms with Crippen molar-refractivity contribution >= 4 is 40.5 Å². The second-order valence-electron chi connectivity index (χ2n) is 5.80. The number of halogens is 2. The lowest BCUT2D eigenvalue weighted by molar-refractivity contribution is -0.151. The summed E-state index contributed by atoms with van der Waals surface area (Å²) in [5, 5.41) is 2.81. The number of nitrogens with zero attached hydrogens (tertiary/aromatic N) is 1. The van der Waals surface area contributed by atoms with Crippen LogP contribution >= 0.6 is 34.5 Å². The molecule has 3 rings (SSSR count). The summed E-state index contributed by atoms with van der Waals surface area (Å²) in [6.07, 6.45) is 0.424. The van der Waals surface area contributed by atoms with Gasteiger partial charge >= 0.3 is 5.97 Å². The molecule has 0 aliphatic heterocycles. The van der Waals surface area contributed by atoms with Crippen LogP contribution in [0.2, 0.25) is 0 Å². The van der Waals surface area contributed by atoms with Crippen molar-refractivity contribution in [3.63, 3.8) is 0 Å². The molecule has 1 atom stereocenters. The van der Waals surface area contributed by atoms with Crippen LogP contribution in [-0.4, -0.2) is 15.3 Å². The molecular formula is C16H15Cl2NO2S. The quantitative estimate of drug-likeness (QED) is 0.586. The van der Waals surface area contributed by atoms with Crippen molar-refractivity contribution < 1.29 is 9.53 Å². The Bertz CT molecular complexity index is 711. The van der Waals surface area contributed by atoms with E-state index in [2.05, 4.69) is 4.98 Å². The van der Waals surface area contributed by atoms with Gasteiger partial charge < -0.3 is 4.74 Å². The minimum Gasteiger partial charge on any atom is -0.459 e. The molecule has 0 N–H and O–H groups in total. The minimum atomic E-state index is -1.00. The van der Waals surface area contributed by atoms with Gasteiger partial charge in [-0.3, -0.25) is 4.79 Å². The summed E-state index contributed by atoms with van der Waals surface area (Å²) in [6.45, 7) is 3.90. The fourth-order valence-electron chi connectivity index (χ4n) is 2.12. The molecule has 3 nitrogen and oxygen atoms in total. The van der Waals surface area contributed by atoms with Crippen molar-refractivity contribution in [1.29, 1.82) is 0 Å². The van der Waals surface area contributed by atoms with E-state index in [0.29, 0.717) is 6.42 Å². The average molecular weight is 356 g/mol. The topological polar surface area (TPSA) is 39.2 Å². The van der Waals surface area contributed by atoms with Gasteiger partial charge in [0, 0.05) is 17.4 Å². The second-order valence-corrected chi connectivity index (χ2v) is 8.14. The molecule has 1 aromatic carbocycles. The molecule has 116 valence electrons. The van der Waals surface area contributed by atoms with E-state index in [-0.39, 0.29) is 12.6 Å². The number of benzene rings is 1. The summed E-state index contributed by atoms with van der Waals surface area (Å²) in [5.74, 6) is -0.373. The van der Waals surface area contributed by atoms with Gasteiger partial charge in [0.25, 0.3) is 0 Å². The summed E-state index contributed by atoms with van der Waals surface area (Å²) in [5.41, 5.74) is 2.19. The molecule has 0 radical (unpaired) electrons. The lowest BCUT2D eigenvalue weighted by Gasteiger charge is -2.10. The molecule has 0 bridgehead atoms. The first-order valence-corrected chi connectivity index (χ1v) is 8.52. The van der Waals surface area contributed by atoms with E-state index in [9.17, 15) is 4.79 Å². The van der Waals surface area contributed by atoms with Gasteiger partial charge in [-0.15, -0.1) is 34.5 Å². The summed E-state index contributed by atoms with van der Waals surface area (Å²) in [6, 6.07) is 8.16. The molecule has 0 saturated heterocycles. The molecule has 2 aromatic rings. The highest BCUT2D eigenvalue weighted by Gasteiger charge is 2.69. The van der Waals surface area contributed by atoms with E-state index in [1.807, 2.05) is 36.6 Å². The normalized spacial score (nSPS) is 22.4. The van der Waals surface area contributed by atoms with Gasteiger partial charge in [0.2, 0.25) is 0 Å². The fraction of sp³-hybridized carbons (Fsp3) is 0.375. The summed E-state index contributed by atoms with van der Waals surface area (Å²) in [4.78, 5) is 16.5. The van der Waals surface area contributed by atoms with Crippen LogP contribution in [-0.2, 0) is 16.1 Å². The van der Waals surface area contributed by atoms with Crippen LogP contribution in [0.3, 0.4) is 0 Å². The second kappa shape index (κ2) is 5.52. The number of carbonyl (C=O) groups excluding carboxylic acids is 1. The lowest BCUT2D eigenvalue weighted by Crippen LogP contribution is -2.21. The summed E-state index contributed by atoms with van der Waals surface area (Å²) in [7, 11) is 0. The van der Waals surface area contributed by atoms with Crippen LogP contribution in [0.4, 0.5) is 0 Å². The zero-order valence-electron chi connectivity index (χ0n) is 12.2. The number of aryl methyl sites for hydroxylation is 1. The predicted molar refractivity (Wildman–Crippen MR) is 89.2 cm³/mol. The van der Waals surface area contributed by atoms with E-state index in [0.717, 1.165) is 16.3 Å². The van der Waals surface area contributed by atoms with Crippen molar-refractivity contribution in [2.45, 2.75) is 31.2 Å². The standard InChI is InChI=1S/C16H15Cl2NO2S/c1-10-3-5-11(6-4-10)13-19-12(8-22-13)7-21-14(20)15(2)9-16(15,17)18/h3-6,8H,7,9H2,1-2H3/t15-/m0/s1. The Kier molecular flexibility index (Phi) is 3.96. The van der Waals surface area contributed by atoms with Gasteiger partial charge in [0.05, 0.1) is 5.69 Å². The molecule has 1 heterocycles. The van der Waals surface area contributed by atoms with E-state index in [1.54, 1.807) is 6.92 Å². The SMILES string of the molecule is Cc1ccc(-c2nc(COC(=O)[C@]3(C)CC3(Cl)Cl)cs2)cc1. The maximum absolute atomic E-state index is 12.0. The number of rotatable bonds is 4. The van der Waals surface area contributed by atoms with Gasteiger partial charge in [-0.05, 0) is 13.8 Å². The van der Waals surface area contributed by atoms with E-state index in [4.69, 9.17) is 27.9 Å². The first kappa shape index (κ1) is 15.8. The number of ether oxygens (including phenoxy) is 1. The van der Waals surface area contributed by atoms with E-state index in [1.165, 1.54) is 16.9 Å². The average Bonchev–Trinajstić information content (AvgIpc) is 2.84. The highest BCUT2D eigenvalue weighted by atomic mass is 35.5. The fourth-order valence-corrected chi connectivity index (χ4v) is 3.62. The van der Waals surface area contributed by atoms with E-state index >= 15 is 0 Å². The van der Waals surface area contributed by atoms with Crippen LogP contribution in [0.1, 0.15) is 24.6 Å². The number of alkyl halides is 2. The van der Waals surface area contributed by atoms with Gasteiger partial charge in [-0.2, -0.15) is 0 Å². The Morgan fingerprint density at radius 1 is 1.36 bits per heavy atom. The zero-order valence-corrected chi connectivity index (χ0v) is 14.6. The van der Waals surface area contributed by atoms with Crippen molar-refractivity contribution in [1.82, 2.24) is 4.98 Å². The highest BCUT2D eigenvalue weighted by molar-refractivity contribution is 7.13. The molecule has 1 aliphatic carbocycles. The molecule has 6 heteroatoms. The molecule has 0 unspecified atom stereocenters. The van der Waals surface area contributed by atoms with Crippen LogP contribution in [0.25, 0.3) is 10.6 Å². The monoisotopic (exact) mass is 355 g/mol. The molecular weight excluding hydrogens is 341 g/mol. The van der Waals surface area contributed by atoms with E-state index < -0.39 is 9.75 Å². The van der Waals surface area contributed by atoms with Crippen molar-refractivity contribution in [2.24, 2.45) is 5.41 Å². The Hall–Kier alpha value is -1.10. The van der Waals surface area contributed by atoms with Crippen LogP contribution in [0.15, 0.2) is 29.6 Å². The maximum atomic E-state index is 12.0. The van der Waals surface area contributed by atoms with Crippen LogP contribution in [0, 0.1) is 12.3 Å². The first-order chi connectivity index (χ1) is 10.3. The number of thiazole rings is 1. The largest absolute Gasteiger partial charge is 0.459 e. The molecule has 1 fully saturated rings. The Labute approximate surface area is 143 Å². The third-order valence-electron chi connectivity index (χ3n) is 3.91. The Morgan fingerprint density at radius 2 is 2.00 bits per heavy atom. The Morgan fingerprint density at radius 3 is 2.59 bits per heavy atom. The molecule has 0 spiro atoms. The minimum absolute atomic E-state index is 0.140. The number of hydrogen-bond acceptors (Lipinski definition) is 4. The number of aromatic nitrogens is 1. The Balaban J connectivity index is 1.63. The molecule has 1 aromatic heterocycles. The maximum Gasteiger partial charge on any atom is 0.315 e. The van der Waals surface area contributed by atoms with Gasteiger partial charge in [-0.25, -0.2) is 4.98 Å². The summed E-state index contributed by atoms with van der Waals surface area (Å²) < 4.78 is 4.29. The molecule has 22 heavy (non-hydrogen) atoms. The number of hydrogen-bond donors (Lipinski definition) is 0. The molecule has 1 saturated carbocycles. The van der Waals surface area contributed by atoms with Crippen molar-refractivity contribution in [2.75, 3.05) is 0 Å². The highest BCUT2D eigenvalue weighted by Crippen LogP contribution is 2.64.